The maximum absolute atomic E-state index is 14.5. The Hall–Kier alpha value is -2.62. The Kier molecular flexibility index (Phi) is 15.7. The third kappa shape index (κ3) is 11.2. The molecule has 0 N–H and O–H groups in total. The van der Waals surface area contributed by atoms with Crippen molar-refractivity contribution < 1.29 is 19.2 Å². The minimum atomic E-state index is -0.442. The van der Waals surface area contributed by atoms with Gasteiger partial charge in [0.2, 0.25) is 0 Å². The number of fused-ring (bicyclic) bond motifs is 1. The second-order valence-corrected chi connectivity index (χ2v) is 17.7. The first kappa shape index (κ1) is 42.5. The summed E-state index contributed by atoms with van der Waals surface area (Å²) in [6.07, 6.45) is 9.33. The Morgan fingerprint density at radius 1 is 0.837 bits per heavy atom. The number of ketones is 4. The predicted octanol–water partition coefficient (Wildman–Crippen LogP) is 11.7. The van der Waals surface area contributed by atoms with E-state index in [1.807, 2.05) is 19.9 Å². The number of rotatable bonds is 20. The molecule has 0 heterocycles. The van der Waals surface area contributed by atoms with Crippen molar-refractivity contribution in [1.29, 1.82) is 0 Å². The van der Waals surface area contributed by atoms with Crippen LogP contribution in [0.3, 0.4) is 0 Å². The zero-order valence-electron chi connectivity index (χ0n) is 33.7. The average Bonchev–Trinajstić information content (AvgIpc) is 3.35. The number of allylic oxidation sites excluding steroid dienone is 4. The van der Waals surface area contributed by atoms with Gasteiger partial charge in [-0.3, -0.25) is 19.2 Å². The molecule has 0 bridgehead atoms. The van der Waals surface area contributed by atoms with Crippen LogP contribution in [0, 0.1) is 52.3 Å². The maximum atomic E-state index is 14.5. The normalized spacial score (nSPS) is 18.5. The van der Waals surface area contributed by atoms with Gasteiger partial charge in [-0.05, 0) is 77.5 Å². The Balaban J connectivity index is 2.29. The molecule has 1 aromatic carbocycles. The van der Waals surface area contributed by atoms with E-state index in [0.29, 0.717) is 23.8 Å². The van der Waals surface area contributed by atoms with Gasteiger partial charge in [0.05, 0.1) is 0 Å². The van der Waals surface area contributed by atoms with Crippen molar-refractivity contribution in [2.24, 2.45) is 52.3 Å². The lowest BCUT2D eigenvalue weighted by Crippen LogP contribution is -2.40. The zero-order chi connectivity index (χ0) is 37.4. The summed E-state index contributed by atoms with van der Waals surface area (Å²) in [6.45, 7) is 28.9. The van der Waals surface area contributed by atoms with Crippen LogP contribution in [0.5, 0.6) is 0 Å². The van der Waals surface area contributed by atoms with E-state index in [1.54, 1.807) is 6.92 Å². The van der Waals surface area contributed by atoms with Gasteiger partial charge in [0, 0.05) is 42.4 Å². The number of unbranched alkanes of at least 4 members (excludes halogenated alkanes) is 1. The van der Waals surface area contributed by atoms with Gasteiger partial charge in [0.1, 0.15) is 17.3 Å². The molecule has 6 unspecified atom stereocenters. The highest BCUT2D eigenvalue weighted by molar-refractivity contribution is 5.98. The Labute approximate surface area is 300 Å². The SMILES string of the molecule is CCC(C(=O)CC(C(=O)C(C)C(/C=C(\C)C(=O)CC(CCCCC(C)C)C(C)=O)C(C)C)C(C)(C)C)C(C)(C)C1=CC(C)c2ccccc21. The molecule has 1 aliphatic carbocycles. The van der Waals surface area contributed by atoms with E-state index < -0.39 is 11.3 Å². The zero-order valence-corrected chi connectivity index (χ0v) is 33.7. The summed E-state index contributed by atoms with van der Waals surface area (Å²) in [5.41, 5.74) is 3.62. The van der Waals surface area contributed by atoms with Gasteiger partial charge in [-0.1, -0.05) is 139 Å². The molecule has 2 rings (SSSR count). The van der Waals surface area contributed by atoms with Crippen molar-refractivity contribution in [3.8, 4) is 0 Å². The minimum absolute atomic E-state index is 0.0120. The molecule has 6 atom stereocenters. The number of hydrogen-bond donors (Lipinski definition) is 0. The van der Waals surface area contributed by atoms with Gasteiger partial charge >= 0.3 is 0 Å². The fraction of sp³-hybridized carbons (Fsp3) is 0.689. The largest absolute Gasteiger partial charge is 0.300 e. The summed E-state index contributed by atoms with van der Waals surface area (Å²) in [7, 11) is 0. The molecule has 0 aromatic heterocycles. The van der Waals surface area contributed by atoms with Crippen LogP contribution in [0.2, 0.25) is 0 Å². The van der Waals surface area contributed by atoms with Crippen molar-refractivity contribution >= 4 is 28.7 Å². The first-order valence-corrected chi connectivity index (χ1v) is 19.2. The van der Waals surface area contributed by atoms with Crippen LogP contribution >= 0.6 is 0 Å². The number of hydrogen-bond acceptors (Lipinski definition) is 4. The molecule has 0 saturated heterocycles. The average molecular weight is 675 g/mol. The van der Waals surface area contributed by atoms with E-state index in [4.69, 9.17) is 0 Å². The van der Waals surface area contributed by atoms with Crippen molar-refractivity contribution in [2.75, 3.05) is 0 Å². The smallest absolute Gasteiger partial charge is 0.158 e. The van der Waals surface area contributed by atoms with E-state index in [2.05, 4.69) is 107 Å². The molecule has 0 aliphatic heterocycles. The summed E-state index contributed by atoms with van der Waals surface area (Å²) in [5, 5.41) is 0. The van der Waals surface area contributed by atoms with Crippen molar-refractivity contribution in [2.45, 2.75) is 148 Å². The van der Waals surface area contributed by atoms with Crippen LogP contribution in [0.4, 0.5) is 0 Å². The highest BCUT2D eigenvalue weighted by atomic mass is 16.1. The first-order valence-electron chi connectivity index (χ1n) is 19.2. The number of benzene rings is 1. The van der Waals surface area contributed by atoms with Gasteiger partial charge in [0.25, 0.3) is 0 Å². The Bertz CT molecular complexity index is 1360. The Morgan fingerprint density at radius 2 is 1.43 bits per heavy atom. The topological polar surface area (TPSA) is 68.3 Å². The number of Topliss-reactive ketones (excluding diaryl/α,β-unsaturated/α-hetero) is 4. The van der Waals surface area contributed by atoms with E-state index in [0.717, 1.165) is 25.7 Å². The summed E-state index contributed by atoms with van der Waals surface area (Å²) < 4.78 is 0. The number of carbonyl (C=O) groups is 4. The lowest BCUT2D eigenvalue weighted by Gasteiger charge is -2.38. The summed E-state index contributed by atoms with van der Waals surface area (Å²) in [4.78, 5) is 54.7. The van der Waals surface area contributed by atoms with Gasteiger partial charge in [-0.2, -0.15) is 0 Å². The molecular formula is C45H70O4. The van der Waals surface area contributed by atoms with Gasteiger partial charge in [-0.25, -0.2) is 0 Å². The van der Waals surface area contributed by atoms with E-state index in [9.17, 15) is 19.2 Å². The van der Waals surface area contributed by atoms with E-state index >= 15 is 0 Å². The standard InChI is InChI=1S/C45H70O4/c1-15-38(45(13,14)39-25-30(6)35-22-18-19-23-36(35)39)42(48)27-40(44(10,11)12)43(49)32(8)37(29(4)5)24-31(7)41(47)26-34(33(9)46)21-17-16-20-28(2)3/h18-19,22-25,28-30,32,34,37-38,40H,15-17,20-21,26-27H2,1-14H3/b31-24+. The molecule has 0 fully saturated rings. The first-order chi connectivity index (χ1) is 22.6. The van der Waals surface area contributed by atoms with Crippen LogP contribution in [-0.4, -0.2) is 23.1 Å². The Morgan fingerprint density at radius 3 is 1.96 bits per heavy atom. The second kappa shape index (κ2) is 18.0. The highest BCUT2D eigenvalue weighted by Crippen LogP contribution is 2.50. The maximum Gasteiger partial charge on any atom is 0.158 e. The van der Waals surface area contributed by atoms with Crippen LogP contribution < -0.4 is 0 Å². The molecule has 0 spiro atoms. The molecular weight excluding hydrogens is 604 g/mol. The molecule has 1 aromatic rings. The summed E-state index contributed by atoms with van der Waals surface area (Å²) in [5.74, 6) is -0.0729. The van der Waals surface area contributed by atoms with Crippen LogP contribution in [-0.2, 0) is 19.2 Å². The molecule has 4 heteroatoms. The monoisotopic (exact) mass is 675 g/mol. The van der Waals surface area contributed by atoms with Crippen LogP contribution in [0.25, 0.3) is 5.57 Å². The van der Waals surface area contributed by atoms with Crippen molar-refractivity contribution in [1.82, 2.24) is 0 Å². The van der Waals surface area contributed by atoms with E-state index in [-0.39, 0.29) is 71.0 Å². The van der Waals surface area contributed by atoms with Crippen molar-refractivity contribution in [3.63, 3.8) is 0 Å². The third-order valence-electron chi connectivity index (χ3n) is 11.6. The van der Waals surface area contributed by atoms with Gasteiger partial charge in [0.15, 0.2) is 5.78 Å². The third-order valence-corrected chi connectivity index (χ3v) is 11.6. The quantitative estimate of drug-likeness (QED) is 0.102. The fourth-order valence-electron chi connectivity index (χ4n) is 8.22. The minimum Gasteiger partial charge on any atom is -0.300 e. The predicted molar refractivity (Wildman–Crippen MR) is 206 cm³/mol. The van der Waals surface area contributed by atoms with E-state index in [1.165, 1.54) is 16.7 Å². The summed E-state index contributed by atoms with van der Waals surface area (Å²) >= 11 is 0. The molecule has 0 saturated carbocycles. The van der Waals surface area contributed by atoms with Gasteiger partial charge in [-0.15, -0.1) is 0 Å². The lowest BCUT2D eigenvalue weighted by atomic mass is 9.64. The molecule has 4 nitrogen and oxygen atoms in total. The molecule has 0 amide bonds. The summed E-state index contributed by atoms with van der Waals surface area (Å²) in [6, 6.07) is 8.51. The highest BCUT2D eigenvalue weighted by Gasteiger charge is 2.44. The van der Waals surface area contributed by atoms with Crippen LogP contribution in [0.15, 0.2) is 42.0 Å². The molecule has 49 heavy (non-hydrogen) atoms. The second-order valence-electron chi connectivity index (χ2n) is 17.7. The molecule has 0 radical (unpaired) electrons. The van der Waals surface area contributed by atoms with Crippen molar-refractivity contribution in [3.05, 3.63) is 53.1 Å². The molecule has 274 valence electrons. The molecule has 1 aliphatic rings. The van der Waals surface area contributed by atoms with Gasteiger partial charge < -0.3 is 0 Å². The lowest BCUT2D eigenvalue weighted by molar-refractivity contribution is -0.137. The number of carbonyl (C=O) groups excluding carboxylic acids is 4. The fourth-order valence-corrected chi connectivity index (χ4v) is 8.22. The van der Waals surface area contributed by atoms with Crippen LogP contribution in [0.1, 0.15) is 159 Å².